The number of benzene rings is 3. The van der Waals surface area contributed by atoms with E-state index in [1.54, 1.807) is 12.1 Å². The van der Waals surface area contributed by atoms with Crippen molar-refractivity contribution in [3.8, 4) is 22.8 Å². The van der Waals surface area contributed by atoms with Gasteiger partial charge in [-0.25, -0.2) is 4.98 Å². The van der Waals surface area contributed by atoms with E-state index in [1.165, 1.54) is 11.3 Å². The topological polar surface area (TPSA) is 51.2 Å². The van der Waals surface area contributed by atoms with Gasteiger partial charge in [-0.15, -0.1) is 11.3 Å². The van der Waals surface area contributed by atoms with Crippen LogP contribution in [0.2, 0.25) is 0 Å². The third-order valence-electron chi connectivity index (χ3n) is 3.89. The predicted molar refractivity (Wildman–Crippen MR) is 108 cm³/mol. The zero-order chi connectivity index (χ0) is 18.5. The van der Waals surface area contributed by atoms with Crippen molar-refractivity contribution in [2.24, 2.45) is 0 Å². The highest BCUT2D eigenvalue weighted by Crippen LogP contribution is 2.28. The molecule has 4 aromatic rings. The third kappa shape index (κ3) is 4.22. The van der Waals surface area contributed by atoms with Crippen molar-refractivity contribution in [1.29, 1.82) is 0 Å². The van der Waals surface area contributed by atoms with Crippen LogP contribution in [0.1, 0.15) is 10.4 Å². The second-order valence-electron chi connectivity index (χ2n) is 5.80. The second-order valence-corrected chi connectivity index (χ2v) is 6.66. The number of ether oxygens (including phenoxy) is 1. The van der Waals surface area contributed by atoms with E-state index >= 15 is 0 Å². The molecule has 0 bridgehead atoms. The van der Waals surface area contributed by atoms with Crippen LogP contribution in [0.25, 0.3) is 11.3 Å². The van der Waals surface area contributed by atoms with Crippen LogP contribution in [0, 0.1) is 0 Å². The first-order chi connectivity index (χ1) is 13.3. The molecule has 132 valence electrons. The van der Waals surface area contributed by atoms with Crippen molar-refractivity contribution < 1.29 is 9.53 Å². The molecule has 5 heteroatoms. The molecule has 0 saturated carbocycles. The van der Waals surface area contributed by atoms with Crippen molar-refractivity contribution >= 4 is 22.4 Å². The maximum atomic E-state index is 12.2. The predicted octanol–water partition coefficient (Wildman–Crippen LogP) is 5.85. The lowest BCUT2D eigenvalue weighted by Gasteiger charge is -2.05. The van der Waals surface area contributed by atoms with Crippen LogP contribution in [0.3, 0.4) is 0 Å². The van der Waals surface area contributed by atoms with Gasteiger partial charge in [-0.1, -0.05) is 36.4 Å². The van der Waals surface area contributed by atoms with Gasteiger partial charge in [-0.05, 0) is 48.5 Å². The Hall–Kier alpha value is -3.44. The number of para-hydroxylation sites is 1. The molecule has 3 aromatic carbocycles. The third-order valence-corrected chi connectivity index (χ3v) is 4.65. The maximum Gasteiger partial charge on any atom is 0.257 e. The number of hydrogen-bond donors (Lipinski definition) is 1. The highest BCUT2D eigenvalue weighted by Gasteiger charge is 2.10. The fraction of sp³-hybridized carbons (Fsp3) is 0. The highest BCUT2D eigenvalue weighted by molar-refractivity contribution is 7.14. The van der Waals surface area contributed by atoms with Crippen LogP contribution in [0.15, 0.2) is 90.3 Å². The number of aromatic nitrogens is 1. The molecule has 0 unspecified atom stereocenters. The van der Waals surface area contributed by atoms with Gasteiger partial charge in [0.25, 0.3) is 5.91 Å². The summed E-state index contributed by atoms with van der Waals surface area (Å²) in [7, 11) is 0. The van der Waals surface area contributed by atoms with Crippen molar-refractivity contribution in [3.05, 3.63) is 95.9 Å². The summed E-state index contributed by atoms with van der Waals surface area (Å²) in [4.78, 5) is 16.7. The Labute approximate surface area is 161 Å². The first kappa shape index (κ1) is 17.0. The highest BCUT2D eigenvalue weighted by atomic mass is 32.1. The van der Waals surface area contributed by atoms with Crippen molar-refractivity contribution in [2.75, 3.05) is 5.32 Å². The Morgan fingerprint density at radius 1 is 0.815 bits per heavy atom. The lowest BCUT2D eigenvalue weighted by atomic mass is 10.2. The first-order valence-corrected chi connectivity index (χ1v) is 9.31. The van der Waals surface area contributed by atoms with Gasteiger partial charge < -0.3 is 4.74 Å². The van der Waals surface area contributed by atoms with E-state index in [0.29, 0.717) is 10.7 Å². The van der Waals surface area contributed by atoms with Crippen molar-refractivity contribution in [2.45, 2.75) is 0 Å². The summed E-state index contributed by atoms with van der Waals surface area (Å²) in [5, 5.41) is 5.33. The van der Waals surface area contributed by atoms with Gasteiger partial charge in [0.05, 0.1) is 5.69 Å². The van der Waals surface area contributed by atoms with Crippen molar-refractivity contribution in [3.63, 3.8) is 0 Å². The lowest BCUT2D eigenvalue weighted by molar-refractivity contribution is 0.102. The summed E-state index contributed by atoms with van der Waals surface area (Å²) in [5.74, 6) is 1.39. The quantitative estimate of drug-likeness (QED) is 0.478. The number of hydrogen-bond acceptors (Lipinski definition) is 4. The summed E-state index contributed by atoms with van der Waals surface area (Å²) in [6, 6.07) is 26.5. The molecule has 0 fully saturated rings. The minimum Gasteiger partial charge on any atom is -0.457 e. The smallest absolute Gasteiger partial charge is 0.257 e. The fourth-order valence-corrected chi connectivity index (χ4v) is 3.26. The van der Waals surface area contributed by atoms with Crippen molar-refractivity contribution in [1.82, 2.24) is 4.98 Å². The van der Waals surface area contributed by atoms with Gasteiger partial charge in [0.15, 0.2) is 5.13 Å². The molecule has 0 aliphatic heterocycles. The van der Waals surface area contributed by atoms with Gasteiger partial charge in [0.2, 0.25) is 0 Å². The Bertz CT molecular complexity index is 1030. The standard InChI is InChI=1S/C22H16N2O2S/c25-21(17-7-3-1-4-8-17)24-22-23-20(15-27-22)16-11-13-19(14-12-16)26-18-9-5-2-6-10-18/h1-15H,(H,23,24,25). The number of amides is 1. The summed E-state index contributed by atoms with van der Waals surface area (Å²) < 4.78 is 5.80. The molecule has 0 atom stereocenters. The zero-order valence-electron chi connectivity index (χ0n) is 14.3. The number of anilines is 1. The van der Waals surface area contributed by atoms with E-state index < -0.39 is 0 Å². The van der Waals surface area contributed by atoms with Gasteiger partial charge >= 0.3 is 0 Å². The van der Waals surface area contributed by atoms with Gasteiger partial charge in [0, 0.05) is 16.5 Å². The number of thiazole rings is 1. The van der Waals surface area contributed by atoms with Gasteiger partial charge in [-0.3, -0.25) is 10.1 Å². The molecule has 0 radical (unpaired) electrons. The maximum absolute atomic E-state index is 12.2. The molecular formula is C22H16N2O2S. The van der Waals surface area contributed by atoms with E-state index in [1.807, 2.05) is 78.2 Å². The lowest BCUT2D eigenvalue weighted by Crippen LogP contribution is -2.11. The minimum absolute atomic E-state index is 0.164. The molecule has 1 amide bonds. The number of carbonyl (C=O) groups is 1. The Morgan fingerprint density at radius 3 is 2.15 bits per heavy atom. The van der Waals surface area contributed by atoms with E-state index in [2.05, 4.69) is 10.3 Å². The van der Waals surface area contributed by atoms with Gasteiger partial charge in [0.1, 0.15) is 11.5 Å². The van der Waals surface area contributed by atoms with E-state index in [4.69, 9.17) is 4.74 Å². The molecule has 1 aromatic heterocycles. The summed E-state index contributed by atoms with van der Waals surface area (Å²) in [5.41, 5.74) is 2.39. The van der Waals surface area contributed by atoms with Crippen LogP contribution in [0.4, 0.5) is 5.13 Å². The number of nitrogens with one attached hydrogen (secondary N) is 1. The van der Waals surface area contributed by atoms with E-state index in [9.17, 15) is 4.79 Å². The van der Waals surface area contributed by atoms with Gasteiger partial charge in [-0.2, -0.15) is 0 Å². The molecular weight excluding hydrogens is 356 g/mol. The molecule has 0 aliphatic rings. The second kappa shape index (κ2) is 7.85. The number of carbonyl (C=O) groups excluding carboxylic acids is 1. The fourth-order valence-electron chi connectivity index (χ4n) is 2.54. The Morgan fingerprint density at radius 2 is 1.44 bits per heavy atom. The molecule has 4 rings (SSSR count). The molecule has 4 nitrogen and oxygen atoms in total. The molecule has 0 spiro atoms. The molecule has 1 N–H and O–H groups in total. The Balaban J connectivity index is 1.44. The average Bonchev–Trinajstić information content (AvgIpc) is 3.18. The summed E-state index contributed by atoms with van der Waals surface area (Å²) in [6.45, 7) is 0. The summed E-state index contributed by atoms with van der Waals surface area (Å²) >= 11 is 1.40. The molecule has 1 heterocycles. The Kier molecular flexibility index (Phi) is 4.94. The molecule has 0 aliphatic carbocycles. The van der Waals surface area contributed by atoms with Crippen LogP contribution in [-0.4, -0.2) is 10.9 Å². The number of nitrogens with zero attached hydrogens (tertiary/aromatic N) is 1. The molecule has 27 heavy (non-hydrogen) atoms. The molecule has 0 saturated heterocycles. The van der Waals surface area contributed by atoms with Crippen LogP contribution >= 0.6 is 11.3 Å². The average molecular weight is 372 g/mol. The number of rotatable bonds is 5. The van der Waals surface area contributed by atoms with Crippen LogP contribution in [0.5, 0.6) is 11.5 Å². The first-order valence-electron chi connectivity index (χ1n) is 8.43. The van der Waals surface area contributed by atoms with Crippen LogP contribution < -0.4 is 10.1 Å². The zero-order valence-corrected chi connectivity index (χ0v) is 15.1. The van der Waals surface area contributed by atoms with E-state index in [-0.39, 0.29) is 5.91 Å². The van der Waals surface area contributed by atoms with E-state index in [0.717, 1.165) is 22.8 Å². The monoisotopic (exact) mass is 372 g/mol. The largest absolute Gasteiger partial charge is 0.457 e. The minimum atomic E-state index is -0.164. The normalized spacial score (nSPS) is 10.4. The van der Waals surface area contributed by atoms with Crippen LogP contribution in [-0.2, 0) is 0 Å². The summed E-state index contributed by atoms with van der Waals surface area (Å²) in [6.07, 6.45) is 0. The SMILES string of the molecule is O=C(Nc1nc(-c2ccc(Oc3ccccc3)cc2)cs1)c1ccccc1.